The van der Waals surface area contributed by atoms with Crippen LogP contribution in [-0.2, 0) is 11.2 Å². The second kappa shape index (κ2) is 9.33. The highest BCUT2D eigenvalue weighted by Crippen LogP contribution is 2.28. The molecule has 2 aromatic rings. The van der Waals surface area contributed by atoms with Gasteiger partial charge < -0.3 is 14.8 Å². The lowest BCUT2D eigenvalue weighted by atomic mass is 10.1. The van der Waals surface area contributed by atoms with E-state index < -0.39 is 0 Å². The van der Waals surface area contributed by atoms with E-state index in [1.807, 2.05) is 42.5 Å². The molecule has 0 heterocycles. The van der Waals surface area contributed by atoms with Crippen LogP contribution in [0.2, 0.25) is 0 Å². The van der Waals surface area contributed by atoms with Crippen molar-refractivity contribution < 1.29 is 14.3 Å². The molecule has 25 heavy (non-hydrogen) atoms. The number of benzene rings is 2. The fourth-order valence-electron chi connectivity index (χ4n) is 2.35. The summed E-state index contributed by atoms with van der Waals surface area (Å²) in [6.07, 6.45) is 5.78. The van der Waals surface area contributed by atoms with E-state index in [0.717, 1.165) is 23.2 Å². The van der Waals surface area contributed by atoms with Crippen molar-refractivity contribution in [2.75, 3.05) is 19.0 Å². The molecule has 0 saturated carbocycles. The van der Waals surface area contributed by atoms with Crippen LogP contribution in [0, 0.1) is 0 Å². The molecule has 2 rings (SSSR count). The van der Waals surface area contributed by atoms with Crippen LogP contribution in [0.4, 0.5) is 5.69 Å². The van der Waals surface area contributed by atoms with Gasteiger partial charge in [-0.05, 0) is 41.8 Å². The number of carbonyl (C=O) groups is 1. The Morgan fingerprint density at radius 1 is 1.20 bits per heavy atom. The summed E-state index contributed by atoms with van der Waals surface area (Å²) in [7, 11) is 1.58. The molecule has 0 fully saturated rings. The van der Waals surface area contributed by atoms with Crippen LogP contribution in [0.5, 0.6) is 11.5 Å². The van der Waals surface area contributed by atoms with Gasteiger partial charge in [0.2, 0.25) is 5.91 Å². The first-order chi connectivity index (χ1) is 12.2. The zero-order chi connectivity index (χ0) is 18.1. The van der Waals surface area contributed by atoms with Crippen molar-refractivity contribution >= 4 is 17.7 Å². The topological polar surface area (TPSA) is 47.6 Å². The number of hydrogen-bond acceptors (Lipinski definition) is 3. The Labute approximate surface area is 148 Å². The first-order valence-electron chi connectivity index (χ1n) is 8.16. The van der Waals surface area contributed by atoms with Gasteiger partial charge in [-0.3, -0.25) is 4.79 Å². The third kappa shape index (κ3) is 5.24. The Morgan fingerprint density at radius 3 is 2.72 bits per heavy atom. The molecule has 1 amide bonds. The molecule has 2 aromatic carbocycles. The van der Waals surface area contributed by atoms with Crippen molar-refractivity contribution in [2.24, 2.45) is 0 Å². The number of rotatable bonds is 8. The number of aryl methyl sites for hydroxylation is 1. The number of hydrogen-bond donors (Lipinski definition) is 1. The summed E-state index contributed by atoms with van der Waals surface area (Å²) in [5.41, 5.74) is 2.79. The first-order valence-corrected chi connectivity index (χ1v) is 8.16. The molecular formula is C21H23NO3. The summed E-state index contributed by atoms with van der Waals surface area (Å²) in [5, 5.41) is 2.91. The summed E-state index contributed by atoms with van der Waals surface area (Å²) in [5.74, 6) is 1.08. The molecule has 4 heteroatoms. The van der Waals surface area contributed by atoms with Crippen molar-refractivity contribution in [1.29, 1.82) is 0 Å². The second-order valence-electron chi connectivity index (χ2n) is 5.34. The van der Waals surface area contributed by atoms with Crippen LogP contribution in [0.15, 0.2) is 61.2 Å². The van der Waals surface area contributed by atoms with Crippen LogP contribution >= 0.6 is 0 Å². The highest BCUT2D eigenvalue weighted by molar-refractivity contribution is 6.02. The molecule has 0 atom stereocenters. The third-order valence-electron chi connectivity index (χ3n) is 3.63. The Hall–Kier alpha value is -3.01. The minimum absolute atomic E-state index is 0.174. The quantitative estimate of drug-likeness (QED) is 0.571. The van der Waals surface area contributed by atoms with Crippen molar-refractivity contribution in [2.45, 2.75) is 13.3 Å². The average Bonchev–Trinajstić information content (AvgIpc) is 2.65. The maximum Gasteiger partial charge on any atom is 0.248 e. The highest BCUT2D eigenvalue weighted by Gasteiger charge is 2.05. The van der Waals surface area contributed by atoms with Gasteiger partial charge in [-0.1, -0.05) is 43.8 Å². The van der Waals surface area contributed by atoms with E-state index in [1.165, 1.54) is 6.08 Å². The van der Waals surface area contributed by atoms with Gasteiger partial charge in [0.25, 0.3) is 0 Å². The van der Waals surface area contributed by atoms with E-state index in [0.29, 0.717) is 18.1 Å². The predicted octanol–water partition coefficient (Wildman–Crippen LogP) is 4.47. The van der Waals surface area contributed by atoms with E-state index in [2.05, 4.69) is 18.8 Å². The molecule has 0 saturated heterocycles. The van der Waals surface area contributed by atoms with Gasteiger partial charge in [-0.15, -0.1) is 0 Å². The van der Waals surface area contributed by atoms with Gasteiger partial charge in [0.05, 0.1) is 7.11 Å². The molecule has 130 valence electrons. The van der Waals surface area contributed by atoms with E-state index in [-0.39, 0.29) is 5.91 Å². The third-order valence-corrected chi connectivity index (χ3v) is 3.63. The van der Waals surface area contributed by atoms with Crippen LogP contribution in [0.25, 0.3) is 6.08 Å². The predicted molar refractivity (Wildman–Crippen MR) is 102 cm³/mol. The molecule has 0 unspecified atom stereocenters. The minimum atomic E-state index is -0.174. The summed E-state index contributed by atoms with van der Waals surface area (Å²) in [6.45, 7) is 6.09. The summed E-state index contributed by atoms with van der Waals surface area (Å²) < 4.78 is 10.8. The van der Waals surface area contributed by atoms with Crippen molar-refractivity contribution in [3.05, 3.63) is 72.3 Å². The van der Waals surface area contributed by atoms with Gasteiger partial charge in [-0.25, -0.2) is 0 Å². The summed E-state index contributed by atoms with van der Waals surface area (Å²) >= 11 is 0. The molecule has 0 aromatic heterocycles. The van der Waals surface area contributed by atoms with E-state index in [9.17, 15) is 4.79 Å². The van der Waals surface area contributed by atoms with Crippen molar-refractivity contribution in [3.63, 3.8) is 0 Å². The second-order valence-corrected chi connectivity index (χ2v) is 5.34. The Kier molecular flexibility index (Phi) is 6.84. The van der Waals surface area contributed by atoms with E-state index >= 15 is 0 Å². The molecule has 0 aliphatic heterocycles. The molecule has 0 aliphatic rings. The lowest BCUT2D eigenvalue weighted by Gasteiger charge is -2.10. The standard InChI is InChI=1S/C21H23NO3/c1-4-14-25-19-12-10-16(15-20(19)24-3)11-13-21(23)22-18-9-7-6-8-17(18)5-2/h4,6-13,15H,1,5,14H2,2-3H3,(H,22,23)/b13-11+. The molecule has 0 radical (unpaired) electrons. The zero-order valence-electron chi connectivity index (χ0n) is 14.6. The number of ether oxygens (including phenoxy) is 2. The number of carbonyl (C=O) groups excluding carboxylic acids is 1. The molecule has 0 aliphatic carbocycles. The smallest absolute Gasteiger partial charge is 0.248 e. The van der Waals surface area contributed by atoms with Crippen LogP contribution in [0.1, 0.15) is 18.1 Å². The number of nitrogens with one attached hydrogen (secondary N) is 1. The molecule has 0 spiro atoms. The van der Waals surface area contributed by atoms with Gasteiger partial charge in [0.15, 0.2) is 11.5 Å². The maximum absolute atomic E-state index is 12.2. The summed E-state index contributed by atoms with van der Waals surface area (Å²) in [4.78, 5) is 12.2. The Balaban J connectivity index is 2.07. The lowest BCUT2D eigenvalue weighted by Crippen LogP contribution is -2.09. The van der Waals surface area contributed by atoms with Gasteiger partial charge in [0, 0.05) is 11.8 Å². The molecule has 0 bridgehead atoms. The molecule has 4 nitrogen and oxygen atoms in total. The highest BCUT2D eigenvalue weighted by atomic mass is 16.5. The van der Waals surface area contributed by atoms with E-state index in [4.69, 9.17) is 9.47 Å². The normalized spacial score (nSPS) is 10.5. The maximum atomic E-state index is 12.2. The number of methoxy groups -OCH3 is 1. The fraction of sp³-hybridized carbons (Fsp3) is 0.190. The average molecular weight is 337 g/mol. The van der Waals surface area contributed by atoms with Crippen molar-refractivity contribution in [3.8, 4) is 11.5 Å². The molecular weight excluding hydrogens is 314 g/mol. The van der Waals surface area contributed by atoms with Gasteiger partial charge in [0.1, 0.15) is 6.61 Å². The number of amides is 1. The lowest BCUT2D eigenvalue weighted by molar-refractivity contribution is -0.111. The summed E-state index contributed by atoms with van der Waals surface area (Å²) in [6, 6.07) is 13.3. The first kappa shape index (κ1) is 18.3. The number of anilines is 1. The van der Waals surface area contributed by atoms with Gasteiger partial charge in [-0.2, -0.15) is 0 Å². The van der Waals surface area contributed by atoms with E-state index in [1.54, 1.807) is 19.3 Å². The van der Waals surface area contributed by atoms with Gasteiger partial charge >= 0.3 is 0 Å². The zero-order valence-corrected chi connectivity index (χ0v) is 14.6. The number of para-hydroxylation sites is 1. The largest absolute Gasteiger partial charge is 0.493 e. The monoisotopic (exact) mass is 337 g/mol. The van der Waals surface area contributed by atoms with Crippen LogP contribution in [0.3, 0.4) is 0 Å². The van der Waals surface area contributed by atoms with Crippen molar-refractivity contribution in [1.82, 2.24) is 0 Å². The Morgan fingerprint density at radius 2 is 2.00 bits per heavy atom. The van der Waals surface area contributed by atoms with Crippen LogP contribution < -0.4 is 14.8 Å². The Bertz CT molecular complexity index is 765. The fourth-order valence-corrected chi connectivity index (χ4v) is 2.35. The van der Waals surface area contributed by atoms with Crippen LogP contribution in [-0.4, -0.2) is 19.6 Å². The minimum Gasteiger partial charge on any atom is -0.493 e. The molecule has 1 N–H and O–H groups in total. The SMILES string of the molecule is C=CCOc1ccc(/C=C/C(=O)Nc2ccccc2CC)cc1OC.